The van der Waals surface area contributed by atoms with Crippen LogP contribution in [0.2, 0.25) is 0 Å². The van der Waals surface area contributed by atoms with Crippen molar-refractivity contribution in [3.63, 3.8) is 0 Å². The van der Waals surface area contributed by atoms with E-state index < -0.39 is 21.3 Å². The van der Waals surface area contributed by atoms with E-state index in [1.54, 1.807) is 6.49 Å². The van der Waals surface area contributed by atoms with Crippen LogP contribution in [0, 0.1) is 5.92 Å². The minimum atomic E-state index is -2.93. The van der Waals surface area contributed by atoms with E-state index in [1.165, 1.54) is 61.2 Å². The van der Waals surface area contributed by atoms with Gasteiger partial charge in [-0.2, -0.15) is 0 Å². The van der Waals surface area contributed by atoms with Crippen LogP contribution in [0.15, 0.2) is 142 Å². The van der Waals surface area contributed by atoms with Gasteiger partial charge in [-0.25, -0.2) is 0 Å². The normalized spacial score (nSPS) is 15.3. The summed E-state index contributed by atoms with van der Waals surface area (Å²) in [4.78, 5) is 0. The Kier molecular flexibility index (Phi) is 11.3. The predicted molar refractivity (Wildman–Crippen MR) is 203 cm³/mol. The number of benzene rings is 5. The zero-order valence-corrected chi connectivity index (χ0v) is 34.6. The Morgan fingerprint density at radius 3 is 1.40 bits per heavy atom. The van der Waals surface area contributed by atoms with Gasteiger partial charge < -0.3 is 24.8 Å². The summed E-state index contributed by atoms with van der Waals surface area (Å²) in [6, 6.07) is 48.8. The maximum atomic E-state index is 2.57. The molecule has 0 bridgehead atoms. The zero-order chi connectivity index (χ0) is 33.8. The number of halogens is 2. The van der Waals surface area contributed by atoms with Gasteiger partial charge in [0.1, 0.15) is 0 Å². The fourth-order valence-corrected chi connectivity index (χ4v) is 17.9. The molecule has 0 aromatic heterocycles. The van der Waals surface area contributed by atoms with E-state index in [1.807, 2.05) is 0 Å². The SMILES string of the molecule is CC1=[C]([Zr+2](=[C](c2ccccc2)c2ccccc2)[CH]2c3ccc(C(C)(C)C)cc3-c3cc(C(C)(C)C)ccc32)C(C)C=C1c1ccccc1.[Cl-].[Cl-]. The first-order valence-electron chi connectivity index (χ1n) is 17.6. The van der Waals surface area contributed by atoms with Crippen LogP contribution in [0.4, 0.5) is 0 Å². The number of allylic oxidation sites excluding steroid dienone is 4. The molecule has 0 fully saturated rings. The van der Waals surface area contributed by atoms with E-state index in [0.717, 1.165) is 0 Å². The van der Waals surface area contributed by atoms with Crippen LogP contribution < -0.4 is 24.8 Å². The first kappa shape index (κ1) is 38.2. The molecule has 5 aromatic carbocycles. The van der Waals surface area contributed by atoms with Crippen LogP contribution in [0.1, 0.15) is 98.0 Å². The monoisotopic (exact) mass is 772 g/mol. The molecule has 0 saturated heterocycles. The molecule has 2 aliphatic carbocycles. The Hall–Kier alpha value is -3.09. The average Bonchev–Trinajstić information content (AvgIpc) is 3.56. The number of rotatable bonds is 5. The maximum Gasteiger partial charge on any atom is -1.00 e. The summed E-state index contributed by atoms with van der Waals surface area (Å²) >= 11 is -2.93. The first-order chi connectivity index (χ1) is 22.9. The van der Waals surface area contributed by atoms with Crippen molar-refractivity contribution in [1.29, 1.82) is 0 Å². The fourth-order valence-electron chi connectivity index (χ4n) is 7.94. The summed E-state index contributed by atoms with van der Waals surface area (Å²) < 4.78 is 3.69. The molecule has 5 aromatic rings. The summed E-state index contributed by atoms with van der Waals surface area (Å²) in [5, 5.41) is 0. The second kappa shape index (κ2) is 14.9. The van der Waals surface area contributed by atoms with Gasteiger partial charge >= 0.3 is 298 Å². The quantitative estimate of drug-likeness (QED) is 0.198. The van der Waals surface area contributed by atoms with Gasteiger partial charge in [-0.3, -0.25) is 0 Å². The molecule has 3 heteroatoms. The van der Waals surface area contributed by atoms with Crippen molar-refractivity contribution in [1.82, 2.24) is 0 Å². The molecular weight excluding hydrogens is 727 g/mol. The molecule has 0 spiro atoms. The van der Waals surface area contributed by atoms with Gasteiger partial charge in [0.05, 0.1) is 0 Å². The predicted octanol–water partition coefficient (Wildman–Crippen LogP) is 6.25. The Labute approximate surface area is 320 Å². The van der Waals surface area contributed by atoms with E-state index in [0.29, 0.717) is 9.54 Å². The summed E-state index contributed by atoms with van der Waals surface area (Å²) in [7, 11) is 0. The van der Waals surface area contributed by atoms with Gasteiger partial charge in [0.2, 0.25) is 0 Å². The van der Waals surface area contributed by atoms with E-state index in [9.17, 15) is 0 Å². The molecule has 0 nitrogen and oxygen atoms in total. The molecule has 1 unspecified atom stereocenters. The number of fused-ring (bicyclic) bond motifs is 3. The Balaban J connectivity index is 0.00000243. The molecule has 254 valence electrons. The van der Waals surface area contributed by atoms with E-state index in [2.05, 4.69) is 189 Å². The molecule has 2 aliphatic rings. The maximum absolute atomic E-state index is 2.93. The smallest absolute Gasteiger partial charge is 1.00 e. The van der Waals surface area contributed by atoms with E-state index in [-0.39, 0.29) is 35.6 Å². The average molecular weight is 775 g/mol. The van der Waals surface area contributed by atoms with E-state index >= 15 is 0 Å². The van der Waals surface area contributed by atoms with Gasteiger partial charge in [0.25, 0.3) is 0 Å². The van der Waals surface area contributed by atoms with Crippen molar-refractivity contribution in [2.45, 2.75) is 69.8 Å². The third-order valence-corrected chi connectivity index (χ3v) is 19.6. The van der Waals surface area contributed by atoms with Gasteiger partial charge in [0, 0.05) is 0 Å². The third-order valence-electron chi connectivity index (χ3n) is 10.5. The van der Waals surface area contributed by atoms with Gasteiger partial charge in [-0.15, -0.1) is 0 Å². The third kappa shape index (κ3) is 7.04. The molecule has 0 radical (unpaired) electrons. The van der Waals surface area contributed by atoms with Crippen molar-refractivity contribution >= 4 is 8.78 Å². The molecule has 0 heterocycles. The molecule has 0 N–H and O–H groups in total. The second-order valence-electron chi connectivity index (χ2n) is 15.8. The largest absolute Gasteiger partial charge is 1.00 e. The molecule has 50 heavy (non-hydrogen) atoms. The molecular formula is C47H48Cl2Zr. The van der Waals surface area contributed by atoms with Crippen LogP contribution in [-0.2, 0) is 32.1 Å². The van der Waals surface area contributed by atoms with Crippen LogP contribution in [0.3, 0.4) is 0 Å². The van der Waals surface area contributed by atoms with Crippen LogP contribution in [0.5, 0.6) is 0 Å². The van der Waals surface area contributed by atoms with Crippen molar-refractivity contribution in [2.24, 2.45) is 5.92 Å². The van der Waals surface area contributed by atoms with Gasteiger partial charge in [-0.1, -0.05) is 0 Å². The zero-order valence-electron chi connectivity index (χ0n) is 30.6. The number of hydrogen-bond acceptors (Lipinski definition) is 0. The van der Waals surface area contributed by atoms with Crippen molar-refractivity contribution in [2.75, 3.05) is 0 Å². The Morgan fingerprint density at radius 1 is 0.560 bits per heavy atom. The molecule has 7 rings (SSSR count). The minimum absolute atomic E-state index is 0. The Bertz CT molecular complexity index is 1990. The van der Waals surface area contributed by atoms with Crippen LogP contribution in [0.25, 0.3) is 16.7 Å². The summed E-state index contributed by atoms with van der Waals surface area (Å²) in [5.41, 5.74) is 16.0. The summed E-state index contributed by atoms with van der Waals surface area (Å²) in [6.45, 7) is 19.0. The van der Waals surface area contributed by atoms with Crippen molar-refractivity contribution in [3.05, 3.63) is 181 Å². The topological polar surface area (TPSA) is 0 Å². The van der Waals surface area contributed by atoms with Crippen molar-refractivity contribution in [3.8, 4) is 11.1 Å². The van der Waals surface area contributed by atoms with Gasteiger partial charge in [-0.05, 0) is 0 Å². The second-order valence-corrected chi connectivity index (χ2v) is 21.8. The van der Waals surface area contributed by atoms with Crippen LogP contribution in [-0.4, -0.2) is 3.21 Å². The molecule has 0 aliphatic heterocycles. The molecule has 1 atom stereocenters. The number of hydrogen-bond donors (Lipinski definition) is 0. The van der Waals surface area contributed by atoms with Crippen molar-refractivity contribution < 1.29 is 46.1 Å². The first-order valence-corrected chi connectivity index (χ1v) is 21.4. The molecule has 0 saturated carbocycles. The standard InChI is InChI=1S/C21H25.C13H13.C13H10.2ClH.Zr/c1-20(2,3)16-9-7-14-11-15-8-10-17(21(4,5)6)13-19(15)18(14)12-16;1-10-8-11(2)13(9-10)12-6-4-3-5-7-12;1-3-7-12(8-4-1)11-13-9-5-2-6-10-13;;;/h7-13H,1-6H3;3-7,9-10H,1-2H3;1-10H;2*1H;/q;;;;;+2/p-2. The minimum Gasteiger partial charge on any atom is -1.00 e. The molecule has 0 amide bonds. The Morgan fingerprint density at radius 2 is 0.980 bits per heavy atom. The summed E-state index contributed by atoms with van der Waals surface area (Å²) in [5.74, 6) is 0.382. The van der Waals surface area contributed by atoms with E-state index in [4.69, 9.17) is 0 Å². The van der Waals surface area contributed by atoms with Crippen LogP contribution >= 0.6 is 0 Å². The van der Waals surface area contributed by atoms with Gasteiger partial charge in [0.15, 0.2) is 0 Å². The summed E-state index contributed by atoms with van der Waals surface area (Å²) in [6.07, 6.45) is 2.57. The fraction of sp³-hybridized carbons (Fsp3) is 0.255.